The van der Waals surface area contributed by atoms with Crippen molar-refractivity contribution in [3.05, 3.63) is 183 Å². The van der Waals surface area contributed by atoms with Crippen LogP contribution in [0.3, 0.4) is 0 Å². The van der Waals surface area contributed by atoms with Crippen LogP contribution in [0.1, 0.15) is 62.8 Å². The van der Waals surface area contributed by atoms with Crippen molar-refractivity contribution in [3.8, 4) is 0 Å². The van der Waals surface area contributed by atoms with Crippen LogP contribution < -0.4 is 0 Å². The van der Waals surface area contributed by atoms with Crippen LogP contribution in [0.4, 0.5) is 0 Å². The van der Waals surface area contributed by atoms with Crippen LogP contribution in [-0.4, -0.2) is 35.4 Å². The molecule has 214 valence electrons. The largest absolute Gasteiger partial charge is 0.380 e. The summed E-state index contributed by atoms with van der Waals surface area (Å²) >= 11 is 0. The first kappa shape index (κ1) is 25.7. The van der Waals surface area contributed by atoms with Crippen molar-refractivity contribution in [2.45, 2.75) is 28.8 Å². The van der Waals surface area contributed by atoms with Crippen molar-refractivity contribution in [2.75, 3.05) is 0 Å². The molecule has 7 nitrogen and oxygen atoms in total. The second-order valence-corrected chi connectivity index (χ2v) is 12.2. The SMILES string of the molecule is OC12C3=CC=CC(C3)C3(O)c4cccc(c4)C(O)(c4cccc1n4)c1cccc(n1)C(O)(c1cccc3c1)c1cccc2n1. The van der Waals surface area contributed by atoms with Gasteiger partial charge < -0.3 is 20.4 Å². The molecule has 0 saturated heterocycles. The number of rotatable bonds is 0. The van der Waals surface area contributed by atoms with E-state index < -0.39 is 28.3 Å². The van der Waals surface area contributed by atoms with E-state index in [2.05, 4.69) is 0 Å². The van der Waals surface area contributed by atoms with Gasteiger partial charge in [0.2, 0.25) is 0 Å². The topological polar surface area (TPSA) is 120 Å². The Hall–Kier alpha value is -4.79. The van der Waals surface area contributed by atoms with Gasteiger partial charge in [0.25, 0.3) is 0 Å². The molecule has 5 aliphatic rings. The molecule has 4 N–H and O–H groups in total. The smallest absolute Gasteiger partial charge is 0.174 e. The third-order valence-electron chi connectivity index (χ3n) is 9.99. The van der Waals surface area contributed by atoms with E-state index in [1.165, 1.54) is 0 Å². The summed E-state index contributed by atoms with van der Waals surface area (Å²) in [5.41, 5.74) is -3.32. The van der Waals surface area contributed by atoms with Crippen LogP contribution in [0, 0.1) is 5.92 Å². The summed E-state index contributed by atoms with van der Waals surface area (Å²) < 4.78 is 0. The molecule has 0 fully saturated rings. The number of allylic oxidation sites excluding steroid dienone is 2. The predicted molar refractivity (Wildman–Crippen MR) is 161 cm³/mol. The number of aliphatic hydroxyl groups is 4. The third-order valence-corrected chi connectivity index (χ3v) is 9.99. The zero-order valence-corrected chi connectivity index (χ0v) is 23.5. The minimum atomic E-state index is -1.92. The second kappa shape index (κ2) is 8.43. The van der Waals surface area contributed by atoms with Crippen LogP contribution in [0.15, 0.2) is 127 Å². The Morgan fingerprint density at radius 2 is 0.886 bits per heavy atom. The van der Waals surface area contributed by atoms with Gasteiger partial charge in [-0.1, -0.05) is 72.8 Å². The Morgan fingerprint density at radius 1 is 0.500 bits per heavy atom. The second-order valence-electron chi connectivity index (χ2n) is 12.2. The van der Waals surface area contributed by atoms with Crippen LogP contribution in [0.25, 0.3) is 0 Å². The molecule has 44 heavy (non-hydrogen) atoms. The lowest BCUT2D eigenvalue weighted by molar-refractivity contribution is 0.0257. The predicted octanol–water partition coefficient (Wildman–Crippen LogP) is 4.05. The first-order valence-corrected chi connectivity index (χ1v) is 14.7. The first-order chi connectivity index (χ1) is 21.3. The summed E-state index contributed by atoms with van der Waals surface area (Å²) in [7, 11) is 0. The summed E-state index contributed by atoms with van der Waals surface area (Å²) in [6, 6.07) is 30.1. The highest BCUT2D eigenvalue weighted by Gasteiger charge is 2.51. The van der Waals surface area contributed by atoms with E-state index in [1.807, 2.05) is 54.6 Å². The lowest BCUT2D eigenvalue weighted by atomic mass is 9.67. The third kappa shape index (κ3) is 3.01. The minimum Gasteiger partial charge on any atom is -0.380 e. The maximum atomic E-state index is 13.1. The standard InChI is InChI=1S/C37H27N3O4/c41-34-22-7-1-10-25(19-22)35(42)28-13-4-15-30(38-28)36(43,26-11-2-8-23(34)20-26)32-17-6-18-33(40-32)37(44,27-12-3-9-24(34)21-27)31-16-5-14-29(35)39-31/h1-20,24,41-44H,21H2. The van der Waals surface area contributed by atoms with Gasteiger partial charge in [-0.05, 0) is 82.8 Å². The molecule has 0 saturated carbocycles. The first-order valence-electron chi connectivity index (χ1n) is 14.7. The summed E-state index contributed by atoms with van der Waals surface area (Å²) in [5.74, 6) is -0.537. The molecule has 0 radical (unpaired) electrons. The Balaban J connectivity index is 1.59. The lowest BCUT2D eigenvalue weighted by Gasteiger charge is -2.43. The van der Waals surface area contributed by atoms with E-state index in [0.29, 0.717) is 27.8 Å². The minimum absolute atomic E-state index is 0.229. The molecular weight excluding hydrogens is 550 g/mol. The van der Waals surface area contributed by atoms with Crippen molar-refractivity contribution >= 4 is 0 Å². The van der Waals surface area contributed by atoms with Crippen LogP contribution in [-0.2, 0) is 22.4 Å². The van der Waals surface area contributed by atoms with Crippen molar-refractivity contribution in [1.29, 1.82) is 0 Å². The van der Waals surface area contributed by atoms with Gasteiger partial charge in [0, 0.05) is 5.92 Å². The average molecular weight is 578 g/mol. The van der Waals surface area contributed by atoms with Gasteiger partial charge in [0.15, 0.2) is 16.8 Å². The van der Waals surface area contributed by atoms with E-state index in [4.69, 9.17) is 15.0 Å². The number of hydrogen-bond donors (Lipinski definition) is 4. The van der Waals surface area contributed by atoms with Gasteiger partial charge >= 0.3 is 0 Å². The van der Waals surface area contributed by atoms with Gasteiger partial charge in [0.1, 0.15) is 5.60 Å². The Morgan fingerprint density at radius 3 is 1.34 bits per heavy atom. The molecule has 10 rings (SSSR count). The average Bonchev–Trinajstić information content (AvgIpc) is 3.09. The van der Waals surface area contributed by atoms with Crippen molar-refractivity contribution < 1.29 is 20.4 Å². The molecule has 3 atom stereocenters. The monoisotopic (exact) mass is 577 g/mol. The number of benzene rings is 2. The molecule has 4 aliphatic heterocycles. The molecular formula is C37H27N3O4. The molecule has 16 bridgehead atoms. The quantitative estimate of drug-likeness (QED) is 0.219. The van der Waals surface area contributed by atoms with Crippen LogP contribution in [0.5, 0.6) is 0 Å². The van der Waals surface area contributed by atoms with E-state index in [9.17, 15) is 20.4 Å². The van der Waals surface area contributed by atoms with Crippen LogP contribution in [0.2, 0.25) is 0 Å². The van der Waals surface area contributed by atoms with Gasteiger partial charge in [-0.25, -0.2) is 0 Å². The highest BCUT2D eigenvalue weighted by atomic mass is 16.3. The lowest BCUT2D eigenvalue weighted by Crippen LogP contribution is -2.44. The molecule has 7 heteroatoms. The summed E-state index contributed by atoms with van der Waals surface area (Å²) in [6.45, 7) is 0. The van der Waals surface area contributed by atoms with E-state index >= 15 is 0 Å². The summed E-state index contributed by atoms with van der Waals surface area (Å²) in [6.07, 6.45) is 5.94. The Bertz CT molecular complexity index is 1980. The van der Waals surface area contributed by atoms with E-state index in [-0.39, 0.29) is 40.6 Å². The van der Waals surface area contributed by atoms with E-state index in [1.54, 1.807) is 66.7 Å². The van der Waals surface area contributed by atoms with Gasteiger partial charge in [0.05, 0.1) is 34.2 Å². The number of aromatic nitrogens is 3. The molecule has 3 unspecified atom stereocenters. The summed E-state index contributed by atoms with van der Waals surface area (Å²) in [4.78, 5) is 14.9. The maximum absolute atomic E-state index is 13.1. The molecule has 2 aromatic carbocycles. The molecule has 0 amide bonds. The fourth-order valence-electron chi connectivity index (χ4n) is 7.62. The Kier molecular flexibility index (Phi) is 4.92. The van der Waals surface area contributed by atoms with E-state index in [0.717, 1.165) is 0 Å². The zero-order chi connectivity index (χ0) is 29.9. The van der Waals surface area contributed by atoms with Gasteiger partial charge in [-0.3, -0.25) is 15.0 Å². The maximum Gasteiger partial charge on any atom is 0.174 e. The molecule has 0 spiro atoms. The molecule has 1 aliphatic carbocycles. The molecule has 3 aromatic heterocycles. The zero-order valence-electron chi connectivity index (χ0n) is 23.5. The number of pyridine rings is 3. The fourth-order valence-corrected chi connectivity index (χ4v) is 7.62. The van der Waals surface area contributed by atoms with Crippen molar-refractivity contribution in [2.24, 2.45) is 5.92 Å². The molecule has 7 heterocycles. The Labute approximate surface area is 253 Å². The molecule has 5 aromatic rings. The van der Waals surface area contributed by atoms with Crippen molar-refractivity contribution in [1.82, 2.24) is 15.0 Å². The highest BCUT2D eigenvalue weighted by molar-refractivity contribution is 5.55. The number of nitrogens with zero attached hydrogens (tertiary/aromatic N) is 3. The van der Waals surface area contributed by atoms with Crippen LogP contribution >= 0.6 is 0 Å². The fraction of sp³-hybridized carbons (Fsp3) is 0.162. The van der Waals surface area contributed by atoms with Gasteiger partial charge in [-0.15, -0.1) is 0 Å². The van der Waals surface area contributed by atoms with Gasteiger partial charge in [-0.2, -0.15) is 0 Å². The van der Waals surface area contributed by atoms with Crippen molar-refractivity contribution in [3.63, 3.8) is 0 Å². The highest BCUT2D eigenvalue weighted by Crippen LogP contribution is 2.51. The normalized spacial score (nSPS) is 30.4. The summed E-state index contributed by atoms with van der Waals surface area (Å²) in [5, 5.41) is 52.1. The number of hydrogen-bond acceptors (Lipinski definition) is 7.